The monoisotopic (exact) mass is 281 g/mol. The Morgan fingerprint density at radius 3 is 2.89 bits per heavy atom. The molecule has 1 aromatic heterocycles. The van der Waals surface area contributed by atoms with Gasteiger partial charge in [0.25, 0.3) is 0 Å². The van der Waals surface area contributed by atoms with Gasteiger partial charge in [-0.2, -0.15) is 0 Å². The molecule has 3 nitrogen and oxygen atoms in total. The predicted octanol–water partition coefficient (Wildman–Crippen LogP) is 3.47. The molecule has 2 heterocycles. The Kier molecular flexibility index (Phi) is 4.69. The number of pyridine rings is 1. The number of anilines is 1. The van der Waals surface area contributed by atoms with Gasteiger partial charge in [0.2, 0.25) is 0 Å². The number of rotatable bonds is 4. The van der Waals surface area contributed by atoms with Crippen molar-refractivity contribution in [2.75, 3.05) is 24.5 Å². The lowest BCUT2D eigenvalue weighted by Crippen LogP contribution is -2.40. The third-order valence-corrected chi connectivity index (χ3v) is 4.01. The molecule has 106 valence electrons. The highest BCUT2D eigenvalue weighted by molar-refractivity contribution is 6.31. The van der Waals surface area contributed by atoms with Gasteiger partial charge in [-0.3, -0.25) is 0 Å². The molecule has 0 radical (unpaired) electrons. The zero-order chi connectivity index (χ0) is 13.9. The van der Waals surface area contributed by atoms with Crippen LogP contribution in [-0.2, 0) is 6.54 Å². The molecule has 2 rings (SSSR count). The molecule has 1 aliphatic rings. The summed E-state index contributed by atoms with van der Waals surface area (Å²) in [5.41, 5.74) is 1.32. The molecule has 1 N–H and O–H groups in total. The van der Waals surface area contributed by atoms with Gasteiger partial charge in [-0.1, -0.05) is 32.4 Å². The van der Waals surface area contributed by atoms with E-state index >= 15 is 0 Å². The Balaban J connectivity index is 2.15. The third-order valence-electron chi connectivity index (χ3n) is 3.67. The first-order valence-corrected chi connectivity index (χ1v) is 7.51. The van der Waals surface area contributed by atoms with Crippen LogP contribution in [-0.4, -0.2) is 24.6 Å². The van der Waals surface area contributed by atoms with E-state index < -0.39 is 0 Å². The van der Waals surface area contributed by atoms with Crippen molar-refractivity contribution in [2.45, 2.75) is 40.2 Å². The highest BCUT2D eigenvalue weighted by Gasteiger charge is 2.27. The van der Waals surface area contributed by atoms with Gasteiger partial charge in [0.15, 0.2) is 0 Å². The van der Waals surface area contributed by atoms with Crippen LogP contribution in [0.2, 0.25) is 5.02 Å². The maximum atomic E-state index is 6.21. The molecule has 0 atom stereocenters. The standard InChI is InChI=1S/C15H24ClN3/c1-4-17-10-13-12(16)6-7-14(18-13)19-9-5-8-15(2,3)11-19/h6-7,17H,4-5,8-11H2,1-3H3. The van der Waals surface area contributed by atoms with E-state index in [1.165, 1.54) is 12.8 Å². The molecule has 1 saturated heterocycles. The lowest BCUT2D eigenvalue weighted by molar-refractivity contribution is 0.292. The van der Waals surface area contributed by atoms with E-state index in [1.54, 1.807) is 0 Å². The van der Waals surface area contributed by atoms with Crippen LogP contribution in [0.3, 0.4) is 0 Å². The van der Waals surface area contributed by atoms with E-state index in [2.05, 4.69) is 31.0 Å². The largest absolute Gasteiger partial charge is 0.356 e. The van der Waals surface area contributed by atoms with Crippen LogP contribution in [0.1, 0.15) is 39.3 Å². The van der Waals surface area contributed by atoms with E-state index in [4.69, 9.17) is 16.6 Å². The number of hydrogen-bond acceptors (Lipinski definition) is 3. The third kappa shape index (κ3) is 3.83. The van der Waals surface area contributed by atoms with Gasteiger partial charge in [0.05, 0.1) is 10.7 Å². The lowest BCUT2D eigenvalue weighted by atomic mass is 9.84. The zero-order valence-corrected chi connectivity index (χ0v) is 12.9. The topological polar surface area (TPSA) is 28.2 Å². The number of aromatic nitrogens is 1. The van der Waals surface area contributed by atoms with Crippen LogP contribution >= 0.6 is 11.6 Å². The Hall–Kier alpha value is -0.800. The summed E-state index contributed by atoms with van der Waals surface area (Å²) in [6, 6.07) is 4.01. The van der Waals surface area contributed by atoms with Crippen molar-refractivity contribution >= 4 is 17.4 Å². The van der Waals surface area contributed by atoms with Crippen LogP contribution in [0.4, 0.5) is 5.82 Å². The van der Waals surface area contributed by atoms with E-state index in [0.717, 1.165) is 42.7 Å². The summed E-state index contributed by atoms with van der Waals surface area (Å²) in [7, 11) is 0. The lowest BCUT2D eigenvalue weighted by Gasteiger charge is -2.38. The molecule has 0 unspecified atom stereocenters. The fourth-order valence-corrected chi connectivity index (χ4v) is 2.81. The van der Waals surface area contributed by atoms with Crippen LogP contribution in [0.5, 0.6) is 0 Å². The first-order valence-electron chi connectivity index (χ1n) is 7.13. The number of nitrogens with zero attached hydrogens (tertiary/aromatic N) is 2. The SMILES string of the molecule is CCNCc1nc(N2CCCC(C)(C)C2)ccc1Cl. The fourth-order valence-electron chi connectivity index (χ4n) is 2.64. The molecule has 1 fully saturated rings. The molecule has 1 aliphatic heterocycles. The summed E-state index contributed by atoms with van der Waals surface area (Å²) < 4.78 is 0. The van der Waals surface area contributed by atoms with Gasteiger partial charge in [-0.15, -0.1) is 0 Å². The summed E-state index contributed by atoms with van der Waals surface area (Å²) in [6.07, 6.45) is 2.53. The second-order valence-electron chi connectivity index (χ2n) is 6.07. The number of hydrogen-bond donors (Lipinski definition) is 1. The average molecular weight is 282 g/mol. The molecule has 0 amide bonds. The van der Waals surface area contributed by atoms with E-state index in [-0.39, 0.29) is 0 Å². The molecule has 0 aliphatic carbocycles. The van der Waals surface area contributed by atoms with Crippen molar-refractivity contribution < 1.29 is 0 Å². The zero-order valence-electron chi connectivity index (χ0n) is 12.2. The van der Waals surface area contributed by atoms with E-state index in [1.807, 2.05) is 12.1 Å². The first-order chi connectivity index (χ1) is 9.02. The minimum Gasteiger partial charge on any atom is -0.356 e. The first kappa shape index (κ1) is 14.6. The highest BCUT2D eigenvalue weighted by atomic mass is 35.5. The smallest absolute Gasteiger partial charge is 0.128 e. The maximum absolute atomic E-state index is 6.21. The quantitative estimate of drug-likeness (QED) is 0.916. The van der Waals surface area contributed by atoms with Crippen molar-refractivity contribution in [3.63, 3.8) is 0 Å². The summed E-state index contributed by atoms with van der Waals surface area (Å²) in [5.74, 6) is 1.06. The molecule has 4 heteroatoms. The normalized spacial score (nSPS) is 18.6. The Bertz CT molecular complexity index is 431. The molecule has 0 spiro atoms. The number of nitrogens with one attached hydrogen (secondary N) is 1. The molecular formula is C15H24ClN3. The van der Waals surface area contributed by atoms with Crippen molar-refractivity contribution in [3.05, 3.63) is 22.8 Å². The van der Waals surface area contributed by atoms with Crippen LogP contribution < -0.4 is 10.2 Å². The van der Waals surface area contributed by atoms with Gasteiger partial charge in [-0.05, 0) is 36.9 Å². The van der Waals surface area contributed by atoms with Crippen LogP contribution in [0.15, 0.2) is 12.1 Å². The second kappa shape index (κ2) is 6.10. The van der Waals surface area contributed by atoms with Gasteiger partial charge in [-0.25, -0.2) is 4.98 Å². The summed E-state index contributed by atoms with van der Waals surface area (Å²) in [6.45, 7) is 10.6. The van der Waals surface area contributed by atoms with Gasteiger partial charge in [0.1, 0.15) is 5.82 Å². The average Bonchev–Trinajstić information content (AvgIpc) is 2.36. The highest BCUT2D eigenvalue weighted by Crippen LogP contribution is 2.31. The summed E-state index contributed by atoms with van der Waals surface area (Å²) in [5, 5.41) is 4.04. The Labute approximate surface area is 121 Å². The van der Waals surface area contributed by atoms with Crippen molar-refractivity contribution in [2.24, 2.45) is 5.41 Å². The maximum Gasteiger partial charge on any atom is 0.128 e. The Morgan fingerprint density at radius 2 is 2.21 bits per heavy atom. The van der Waals surface area contributed by atoms with Crippen molar-refractivity contribution in [3.8, 4) is 0 Å². The second-order valence-corrected chi connectivity index (χ2v) is 6.47. The molecule has 1 aromatic rings. The van der Waals surface area contributed by atoms with Crippen molar-refractivity contribution in [1.82, 2.24) is 10.3 Å². The van der Waals surface area contributed by atoms with Gasteiger partial charge < -0.3 is 10.2 Å². The minimum absolute atomic E-state index is 0.376. The molecule has 0 bridgehead atoms. The molecule has 0 aromatic carbocycles. The summed E-state index contributed by atoms with van der Waals surface area (Å²) >= 11 is 6.21. The number of halogens is 1. The fraction of sp³-hybridized carbons (Fsp3) is 0.667. The Morgan fingerprint density at radius 1 is 1.42 bits per heavy atom. The molecular weight excluding hydrogens is 258 g/mol. The summed E-state index contributed by atoms with van der Waals surface area (Å²) in [4.78, 5) is 7.11. The van der Waals surface area contributed by atoms with Gasteiger partial charge >= 0.3 is 0 Å². The van der Waals surface area contributed by atoms with E-state index in [0.29, 0.717) is 5.41 Å². The van der Waals surface area contributed by atoms with Gasteiger partial charge in [0, 0.05) is 19.6 Å². The van der Waals surface area contributed by atoms with E-state index in [9.17, 15) is 0 Å². The van der Waals surface area contributed by atoms with Crippen LogP contribution in [0.25, 0.3) is 0 Å². The predicted molar refractivity (Wildman–Crippen MR) is 81.9 cm³/mol. The van der Waals surface area contributed by atoms with Crippen LogP contribution in [0, 0.1) is 5.41 Å². The number of piperidine rings is 1. The molecule has 0 saturated carbocycles. The molecule has 19 heavy (non-hydrogen) atoms. The minimum atomic E-state index is 0.376. The van der Waals surface area contributed by atoms with Crippen molar-refractivity contribution in [1.29, 1.82) is 0 Å².